The van der Waals surface area contributed by atoms with Gasteiger partial charge in [0.1, 0.15) is 0 Å². The third-order valence-corrected chi connectivity index (χ3v) is 4.52. The second kappa shape index (κ2) is 6.55. The first-order valence-corrected chi connectivity index (χ1v) is 8.08. The number of nitrogens with zero attached hydrogens (tertiary/aromatic N) is 1. The maximum atomic E-state index is 9.52. The Kier molecular flexibility index (Phi) is 5.27. The van der Waals surface area contributed by atoms with Crippen molar-refractivity contribution in [1.29, 1.82) is 0 Å². The van der Waals surface area contributed by atoms with E-state index >= 15 is 0 Å². The minimum Gasteiger partial charge on any atom is -0.393 e. The third kappa shape index (κ3) is 5.80. The zero-order chi connectivity index (χ0) is 13.9. The van der Waals surface area contributed by atoms with Gasteiger partial charge in [-0.05, 0) is 63.5 Å². The number of hydrogen-bond donors (Lipinski definition) is 2. The van der Waals surface area contributed by atoms with Gasteiger partial charge in [0.25, 0.3) is 0 Å². The van der Waals surface area contributed by atoms with Gasteiger partial charge in [-0.25, -0.2) is 0 Å². The summed E-state index contributed by atoms with van der Waals surface area (Å²) < 4.78 is 0. The fraction of sp³-hybridized carbons (Fsp3) is 1.00. The lowest BCUT2D eigenvalue weighted by molar-refractivity contribution is 0.121. The van der Waals surface area contributed by atoms with Gasteiger partial charge in [0, 0.05) is 19.1 Å². The molecule has 2 aliphatic rings. The summed E-state index contributed by atoms with van der Waals surface area (Å²) in [6.07, 6.45) is 6.18. The molecule has 1 saturated heterocycles. The van der Waals surface area contributed by atoms with Gasteiger partial charge in [-0.3, -0.25) is 0 Å². The van der Waals surface area contributed by atoms with Gasteiger partial charge < -0.3 is 15.3 Å². The molecule has 0 aromatic rings. The van der Waals surface area contributed by atoms with Crippen LogP contribution in [-0.4, -0.2) is 48.3 Å². The summed E-state index contributed by atoms with van der Waals surface area (Å²) in [5.41, 5.74) is 0.194. The van der Waals surface area contributed by atoms with Crippen molar-refractivity contribution in [3.8, 4) is 0 Å². The van der Waals surface area contributed by atoms with Crippen LogP contribution in [0.1, 0.15) is 52.9 Å². The molecule has 1 aliphatic carbocycles. The molecule has 19 heavy (non-hydrogen) atoms. The first-order valence-electron chi connectivity index (χ1n) is 8.08. The van der Waals surface area contributed by atoms with Crippen LogP contribution in [0.2, 0.25) is 0 Å². The Morgan fingerprint density at radius 1 is 1.21 bits per heavy atom. The van der Waals surface area contributed by atoms with Crippen LogP contribution in [0.5, 0.6) is 0 Å². The maximum absolute atomic E-state index is 9.52. The Labute approximate surface area is 118 Å². The molecule has 0 radical (unpaired) electrons. The van der Waals surface area contributed by atoms with E-state index in [1.165, 1.54) is 45.3 Å². The average molecular weight is 268 g/mol. The number of hydrogen-bond acceptors (Lipinski definition) is 3. The fourth-order valence-corrected chi connectivity index (χ4v) is 3.28. The predicted molar refractivity (Wildman–Crippen MR) is 80.3 cm³/mol. The molecule has 1 atom stereocenters. The van der Waals surface area contributed by atoms with Crippen LogP contribution >= 0.6 is 0 Å². The van der Waals surface area contributed by atoms with Crippen molar-refractivity contribution >= 4 is 0 Å². The van der Waals surface area contributed by atoms with Crippen LogP contribution in [0, 0.1) is 11.3 Å². The quantitative estimate of drug-likeness (QED) is 0.743. The van der Waals surface area contributed by atoms with Crippen molar-refractivity contribution in [3.05, 3.63) is 0 Å². The Balaban J connectivity index is 1.61. The lowest BCUT2D eigenvalue weighted by atomic mass is 9.86. The van der Waals surface area contributed by atoms with Crippen molar-refractivity contribution in [1.82, 2.24) is 10.2 Å². The number of piperidine rings is 1. The Bertz CT molecular complexity index is 266. The van der Waals surface area contributed by atoms with E-state index in [1.807, 2.05) is 6.92 Å². The highest BCUT2D eigenvalue weighted by molar-refractivity contribution is 4.84. The first-order chi connectivity index (χ1) is 8.94. The molecular weight excluding hydrogens is 236 g/mol. The zero-order valence-corrected chi connectivity index (χ0v) is 13.0. The van der Waals surface area contributed by atoms with Crippen molar-refractivity contribution in [2.45, 2.75) is 65.0 Å². The monoisotopic (exact) mass is 268 g/mol. The Hall–Kier alpha value is -0.120. The van der Waals surface area contributed by atoms with Gasteiger partial charge in [0.15, 0.2) is 0 Å². The van der Waals surface area contributed by atoms with Crippen LogP contribution < -0.4 is 5.32 Å². The molecule has 2 fully saturated rings. The zero-order valence-electron chi connectivity index (χ0n) is 13.0. The van der Waals surface area contributed by atoms with Crippen LogP contribution in [0.15, 0.2) is 0 Å². The molecule has 112 valence electrons. The fourth-order valence-electron chi connectivity index (χ4n) is 3.28. The van der Waals surface area contributed by atoms with E-state index in [0.717, 1.165) is 18.9 Å². The summed E-state index contributed by atoms with van der Waals surface area (Å²) in [4.78, 5) is 2.65. The Morgan fingerprint density at radius 3 is 2.37 bits per heavy atom. The molecule has 0 aromatic heterocycles. The number of aliphatic hydroxyl groups excluding tert-OH is 1. The van der Waals surface area contributed by atoms with Crippen molar-refractivity contribution in [3.63, 3.8) is 0 Å². The summed E-state index contributed by atoms with van der Waals surface area (Å²) in [7, 11) is 0. The third-order valence-electron chi connectivity index (χ3n) is 4.52. The highest BCUT2D eigenvalue weighted by atomic mass is 16.3. The molecule has 0 spiro atoms. The highest BCUT2D eigenvalue weighted by Gasteiger charge is 2.28. The molecule has 0 aromatic carbocycles. The number of rotatable bonds is 7. The van der Waals surface area contributed by atoms with E-state index in [1.54, 1.807) is 0 Å². The smallest absolute Gasteiger partial charge is 0.0517 e. The molecule has 2 rings (SSSR count). The van der Waals surface area contributed by atoms with Gasteiger partial charge in [-0.1, -0.05) is 13.8 Å². The molecule has 1 saturated carbocycles. The first kappa shape index (κ1) is 15.3. The van der Waals surface area contributed by atoms with E-state index < -0.39 is 0 Å². The number of aliphatic hydroxyl groups is 1. The standard InChI is InChI=1S/C16H32N2O/c1-13(19)10-16(2,3)12-17-15-6-8-18(9-7-15)11-14-4-5-14/h13-15,17,19H,4-12H2,1-3H3. The van der Waals surface area contributed by atoms with Gasteiger partial charge in [0.05, 0.1) is 6.10 Å². The van der Waals surface area contributed by atoms with Crippen molar-refractivity contribution < 1.29 is 5.11 Å². The average Bonchev–Trinajstić information content (AvgIpc) is 3.10. The van der Waals surface area contributed by atoms with Crippen LogP contribution in [0.4, 0.5) is 0 Å². The second-order valence-corrected chi connectivity index (χ2v) is 7.62. The van der Waals surface area contributed by atoms with Gasteiger partial charge in [0.2, 0.25) is 0 Å². The summed E-state index contributed by atoms with van der Waals surface area (Å²) in [6, 6.07) is 0.684. The topological polar surface area (TPSA) is 35.5 Å². The summed E-state index contributed by atoms with van der Waals surface area (Å²) >= 11 is 0. The molecule has 1 unspecified atom stereocenters. The summed E-state index contributed by atoms with van der Waals surface area (Å²) in [6.45, 7) is 11.3. The molecule has 0 amide bonds. The van der Waals surface area contributed by atoms with Crippen LogP contribution in [-0.2, 0) is 0 Å². The van der Waals surface area contributed by atoms with Crippen molar-refractivity contribution in [2.75, 3.05) is 26.2 Å². The number of likely N-dealkylation sites (tertiary alicyclic amines) is 1. The van der Waals surface area contributed by atoms with E-state index in [2.05, 4.69) is 24.1 Å². The van der Waals surface area contributed by atoms with Crippen molar-refractivity contribution in [2.24, 2.45) is 11.3 Å². The molecule has 1 heterocycles. The van der Waals surface area contributed by atoms with E-state index in [-0.39, 0.29) is 11.5 Å². The lowest BCUT2D eigenvalue weighted by Gasteiger charge is -2.35. The Morgan fingerprint density at radius 2 is 1.84 bits per heavy atom. The largest absolute Gasteiger partial charge is 0.393 e. The second-order valence-electron chi connectivity index (χ2n) is 7.62. The normalized spacial score (nSPS) is 24.6. The summed E-state index contributed by atoms with van der Waals surface area (Å²) in [5, 5.41) is 13.2. The predicted octanol–water partition coefficient (Wildman–Crippen LogP) is 2.25. The molecule has 3 nitrogen and oxygen atoms in total. The van der Waals surface area contributed by atoms with E-state index in [0.29, 0.717) is 6.04 Å². The lowest BCUT2D eigenvalue weighted by Crippen LogP contribution is -2.45. The SMILES string of the molecule is CC(O)CC(C)(C)CNC1CCN(CC2CC2)CC1. The minimum atomic E-state index is -0.197. The number of nitrogens with one attached hydrogen (secondary N) is 1. The summed E-state index contributed by atoms with van der Waals surface area (Å²) in [5.74, 6) is 1.02. The molecule has 2 N–H and O–H groups in total. The van der Waals surface area contributed by atoms with Gasteiger partial charge in [-0.2, -0.15) is 0 Å². The van der Waals surface area contributed by atoms with Gasteiger partial charge >= 0.3 is 0 Å². The maximum Gasteiger partial charge on any atom is 0.0517 e. The van der Waals surface area contributed by atoms with E-state index in [4.69, 9.17) is 0 Å². The van der Waals surface area contributed by atoms with E-state index in [9.17, 15) is 5.11 Å². The van der Waals surface area contributed by atoms with Crippen LogP contribution in [0.25, 0.3) is 0 Å². The molecule has 0 bridgehead atoms. The molecular formula is C16H32N2O. The molecule has 1 aliphatic heterocycles. The van der Waals surface area contributed by atoms with Crippen LogP contribution in [0.3, 0.4) is 0 Å². The molecule has 3 heteroatoms. The highest BCUT2D eigenvalue weighted by Crippen LogP contribution is 2.30. The van der Waals surface area contributed by atoms with Gasteiger partial charge in [-0.15, -0.1) is 0 Å². The minimum absolute atomic E-state index is 0.194.